The van der Waals surface area contributed by atoms with Crippen molar-refractivity contribution in [1.82, 2.24) is 19.8 Å². The maximum absolute atomic E-state index is 5.81. The van der Waals surface area contributed by atoms with Crippen molar-refractivity contribution < 1.29 is 4.74 Å². The van der Waals surface area contributed by atoms with Crippen LogP contribution in [0.4, 0.5) is 5.82 Å². The average Bonchev–Trinajstić information content (AvgIpc) is 3.06. The number of nitrogens with zero attached hydrogens (tertiary/aromatic N) is 5. The molecule has 2 atom stereocenters. The van der Waals surface area contributed by atoms with Crippen LogP contribution in [0.25, 0.3) is 0 Å². The maximum atomic E-state index is 5.81. The first kappa shape index (κ1) is 23.5. The van der Waals surface area contributed by atoms with Crippen molar-refractivity contribution in [2.24, 2.45) is 12.0 Å². The standard InChI is InChI=1S/C21H32N6O.HI/c1-16-13-27(14-17(2)28-16)20-9-8-18(11-23-20)12-24-21(22-3)26(5)15-19-7-6-10-25(19)4;/h6-11,16-17H,12-15H2,1-5H3,(H,22,24);1H. The molecule has 0 aliphatic carbocycles. The third-order valence-corrected chi connectivity index (χ3v) is 5.03. The van der Waals surface area contributed by atoms with Crippen LogP contribution in [0.1, 0.15) is 25.1 Å². The van der Waals surface area contributed by atoms with Gasteiger partial charge in [-0.25, -0.2) is 4.98 Å². The largest absolute Gasteiger partial charge is 0.372 e. The summed E-state index contributed by atoms with van der Waals surface area (Å²) in [5.74, 6) is 1.87. The van der Waals surface area contributed by atoms with E-state index in [4.69, 9.17) is 4.74 Å². The minimum Gasteiger partial charge on any atom is -0.372 e. The topological polar surface area (TPSA) is 57.9 Å². The number of morpholine rings is 1. The van der Waals surface area contributed by atoms with Crippen LogP contribution in [0, 0.1) is 0 Å². The maximum Gasteiger partial charge on any atom is 0.194 e. The zero-order valence-corrected chi connectivity index (χ0v) is 20.3. The third-order valence-electron chi connectivity index (χ3n) is 5.03. The molecule has 0 aromatic carbocycles. The number of hydrogen-bond acceptors (Lipinski definition) is 4. The van der Waals surface area contributed by atoms with Crippen molar-refractivity contribution >= 4 is 35.8 Å². The van der Waals surface area contributed by atoms with Gasteiger partial charge in [-0.1, -0.05) is 6.07 Å². The van der Waals surface area contributed by atoms with Crippen molar-refractivity contribution in [1.29, 1.82) is 0 Å². The minimum absolute atomic E-state index is 0. The van der Waals surface area contributed by atoms with Gasteiger partial charge in [0.05, 0.1) is 18.8 Å². The number of aryl methyl sites for hydroxylation is 1. The second-order valence-electron chi connectivity index (χ2n) is 7.55. The summed E-state index contributed by atoms with van der Waals surface area (Å²) in [6.07, 6.45) is 4.46. The summed E-state index contributed by atoms with van der Waals surface area (Å²) >= 11 is 0. The molecule has 0 radical (unpaired) electrons. The van der Waals surface area contributed by atoms with Gasteiger partial charge < -0.3 is 24.4 Å². The predicted octanol–water partition coefficient (Wildman–Crippen LogP) is 2.86. The second kappa shape index (κ2) is 10.8. The lowest BCUT2D eigenvalue weighted by Gasteiger charge is -2.36. The molecule has 0 bridgehead atoms. The van der Waals surface area contributed by atoms with Gasteiger partial charge in [-0.15, -0.1) is 24.0 Å². The van der Waals surface area contributed by atoms with Gasteiger partial charge in [0.1, 0.15) is 5.82 Å². The van der Waals surface area contributed by atoms with Crippen LogP contribution in [-0.4, -0.2) is 59.8 Å². The van der Waals surface area contributed by atoms with Gasteiger partial charge in [0.25, 0.3) is 0 Å². The summed E-state index contributed by atoms with van der Waals surface area (Å²) in [4.78, 5) is 13.5. The molecule has 1 aliphatic rings. The Hall–Kier alpha value is -1.81. The van der Waals surface area contributed by atoms with E-state index in [2.05, 4.69) is 81.0 Å². The van der Waals surface area contributed by atoms with E-state index in [9.17, 15) is 0 Å². The van der Waals surface area contributed by atoms with E-state index >= 15 is 0 Å². The number of anilines is 1. The lowest BCUT2D eigenvalue weighted by atomic mass is 10.2. The van der Waals surface area contributed by atoms with E-state index in [0.717, 1.165) is 37.0 Å². The van der Waals surface area contributed by atoms with Crippen molar-refractivity contribution in [2.45, 2.75) is 39.1 Å². The Labute approximate surface area is 191 Å². The normalized spacial score (nSPS) is 19.6. The van der Waals surface area contributed by atoms with Crippen LogP contribution >= 0.6 is 24.0 Å². The molecule has 2 unspecified atom stereocenters. The molecule has 1 N–H and O–H groups in total. The fourth-order valence-electron chi connectivity index (χ4n) is 3.62. The third kappa shape index (κ3) is 6.33. The van der Waals surface area contributed by atoms with Crippen molar-refractivity contribution in [2.75, 3.05) is 32.1 Å². The van der Waals surface area contributed by atoms with Crippen LogP contribution in [0.5, 0.6) is 0 Å². The first-order valence-corrected chi connectivity index (χ1v) is 9.83. The van der Waals surface area contributed by atoms with Crippen molar-refractivity contribution in [3.05, 3.63) is 47.9 Å². The van der Waals surface area contributed by atoms with Crippen LogP contribution in [0.3, 0.4) is 0 Å². The quantitative estimate of drug-likeness (QED) is 0.380. The number of guanidine groups is 1. The highest BCUT2D eigenvalue weighted by atomic mass is 127. The van der Waals surface area contributed by atoms with Gasteiger partial charge in [-0.2, -0.15) is 0 Å². The van der Waals surface area contributed by atoms with E-state index in [1.807, 2.05) is 20.3 Å². The second-order valence-corrected chi connectivity index (χ2v) is 7.55. The van der Waals surface area contributed by atoms with E-state index in [1.165, 1.54) is 5.69 Å². The molecule has 2 aromatic heterocycles. The number of halogens is 1. The van der Waals surface area contributed by atoms with Crippen molar-refractivity contribution in [3.63, 3.8) is 0 Å². The van der Waals surface area contributed by atoms with Gasteiger partial charge in [0, 0.05) is 58.9 Å². The van der Waals surface area contributed by atoms with Crippen LogP contribution in [-0.2, 0) is 24.9 Å². The molecule has 8 heteroatoms. The molecular weight excluding hydrogens is 479 g/mol. The zero-order valence-electron chi connectivity index (χ0n) is 18.0. The molecule has 0 amide bonds. The Kier molecular flexibility index (Phi) is 8.76. The first-order valence-electron chi connectivity index (χ1n) is 9.83. The monoisotopic (exact) mass is 512 g/mol. The molecule has 2 aromatic rings. The van der Waals surface area contributed by atoms with Crippen LogP contribution < -0.4 is 10.2 Å². The molecule has 0 saturated carbocycles. The van der Waals surface area contributed by atoms with Gasteiger partial charge in [-0.3, -0.25) is 4.99 Å². The fraction of sp³-hybridized carbons (Fsp3) is 0.524. The number of aromatic nitrogens is 2. The lowest BCUT2D eigenvalue weighted by molar-refractivity contribution is -0.00545. The molecule has 160 valence electrons. The highest BCUT2D eigenvalue weighted by Gasteiger charge is 2.23. The van der Waals surface area contributed by atoms with E-state index < -0.39 is 0 Å². The van der Waals surface area contributed by atoms with Gasteiger partial charge in [-0.05, 0) is 37.6 Å². The van der Waals surface area contributed by atoms with Gasteiger partial charge in [0.15, 0.2) is 5.96 Å². The Morgan fingerprint density at radius 3 is 2.55 bits per heavy atom. The molecule has 7 nitrogen and oxygen atoms in total. The Morgan fingerprint density at radius 1 is 1.28 bits per heavy atom. The summed E-state index contributed by atoms with van der Waals surface area (Å²) in [7, 11) is 5.92. The Balaban J connectivity index is 0.00000300. The molecule has 29 heavy (non-hydrogen) atoms. The number of ether oxygens (including phenoxy) is 1. The van der Waals surface area contributed by atoms with Crippen LogP contribution in [0.2, 0.25) is 0 Å². The highest BCUT2D eigenvalue weighted by Crippen LogP contribution is 2.18. The Morgan fingerprint density at radius 2 is 2.00 bits per heavy atom. The molecule has 0 spiro atoms. The molecule has 1 fully saturated rings. The predicted molar refractivity (Wildman–Crippen MR) is 129 cm³/mol. The molecule has 1 aliphatic heterocycles. The van der Waals surface area contributed by atoms with Gasteiger partial charge in [0.2, 0.25) is 0 Å². The lowest BCUT2D eigenvalue weighted by Crippen LogP contribution is -2.45. The summed E-state index contributed by atoms with van der Waals surface area (Å²) in [5.41, 5.74) is 2.37. The SMILES string of the molecule is CN=C(NCc1ccc(N2CC(C)OC(C)C2)nc1)N(C)Cc1cccn1C.I. The van der Waals surface area contributed by atoms with Crippen molar-refractivity contribution in [3.8, 4) is 0 Å². The number of nitrogens with one attached hydrogen (secondary N) is 1. The van der Waals surface area contributed by atoms with E-state index in [-0.39, 0.29) is 36.2 Å². The number of rotatable bonds is 5. The van der Waals surface area contributed by atoms with Gasteiger partial charge >= 0.3 is 0 Å². The summed E-state index contributed by atoms with van der Waals surface area (Å²) in [6.45, 7) is 7.47. The molecule has 3 heterocycles. The van der Waals surface area contributed by atoms with Crippen LogP contribution in [0.15, 0.2) is 41.7 Å². The first-order chi connectivity index (χ1) is 13.5. The average molecular weight is 512 g/mol. The number of pyridine rings is 1. The summed E-state index contributed by atoms with van der Waals surface area (Å²) in [6, 6.07) is 8.41. The minimum atomic E-state index is 0. The molecule has 1 saturated heterocycles. The Bertz CT molecular complexity index is 781. The molecular formula is C21H33IN6O. The smallest absolute Gasteiger partial charge is 0.194 e. The fourth-order valence-corrected chi connectivity index (χ4v) is 3.62. The highest BCUT2D eigenvalue weighted by molar-refractivity contribution is 14.0. The van der Waals surface area contributed by atoms with E-state index in [0.29, 0.717) is 6.54 Å². The number of aliphatic imine (C=N–C) groups is 1. The zero-order chi connectivity index (χ0) is 20.1. The summed E-state index contributed by atoms with van der Waals surface area (Å²) in [5, 5.41) is 3.42. The summed E-state index contributed by atoms with van der Waals surface area (Å²) < 4.78 is 7.93. The van der Waals surface area contributed by atoms with E-state index in [1.54, 1.807) is 0 Å². The molecule has 3 rings (SSSR count). The number of hydrogen-bond donors (Lipinski definition) is 1.